The Morgan fingerprint density at radius 1 is 1.26 bits per heavy atom. The molecular formula is C14H20N2O3. The lowest BCUT2D eigenvalue weighted by Gasteiger charge is -2.15. The maximum absolute atomic E-state index is 11.8. The third-order valence-corrected chi connectivity index (χ3v) is 2.83. The number of urea groups is 1. The standard InChI is InChI=1S/C14H20N2O3/c1-3-7-12(13(17)18)16-14(19)15-11-9-6-5-8-10(11)4-2/h5-6,8-9,12H,3-4,7H2,1-2H3,(H,17,18)(H2,15,16,19). The highest BCUT2D eigenvalue weighted by Gasteiger charge is 2.18. The van der Waals surface area contributed by atoms with Gasteiger partial charge in [-0.05, 0) is 24.5 Å². The predicted molar refractivity (Wildman–Crippen MR) is 74.3 cm³/mol. The molecule has 0 aliphatic carbocycles. The van der Waals surface area contributed by atoms with Crippen molar-refractivity contribution in [2.75, 3.05) is 5.32 Å². The van der Waals surface area contributed by atoms with E-state index in [0.717, 1.165) is 12.0 Å². The Balaban J connectivity index is 2.66. The minimum Gasteiger partial charge on any atom is -0.480 e. The van der Waals surface area contributed by atoms with Crippen molar-refractivity contribution in [1.82, 2.24) is 5.32 Å². The molecule has 0 radical (unpaired) electrons. The molecule has 0 fully saturated rings. The van der Waals surface area contributed by atoms with Crippen LogP contribution in [0.2, 0.25) is 0 Å². The number of aryl methyl sites for hydroxylation is 1. The van der Waals surface area contributed by atoms with E-state index in [1.165, 1.54) is 0 Å². The van der Waals surface area contributed by atoms with Gasteiger partial charge in [0.1, 0.15) is 6.04 Å². The number of nitrogens with one attached hydrogen (secondary N) is 2. The molecule has 19 heavy (non-hydrogen) atoms. The summed E-state index contributed by atoms with van der Waals surface area (Å²) in [6.07, 6.45) is 1.91. The van der Waals surface area contributed by atoms with Crippen molar-refractivity contribution in [3.05, 3.63) is 29.8 Å². The average molecular weight is 264 g/mol. The van der Waals surface area contributed by atoms with E-state index in [-0.39, 0.29) is 0 Å². The SMILES string of the molecule is CCCC(NC(=O)Nc1ccccc1CC)C(=O)O. The molecule has 1 rings (SSSR count). The number of aliphatic carboxylic acids is 1. The number of hydrogen-bond acceptors (Lipinski definition) is 2. The summed E-state index contributed by atoms with van der Waals surface area (Å²) in [5, 5.41) is 14.1. The van der Waals surface area contributed by atoms with Crippen molar-refractivity contribution < 1.29 is 14.7 Å². The molecule has 0 saturated heterocycles. The third-order valence-electron chi connectivity index (χ3n) is 2.83. The van der Waals surface area contributed by atoms with Crippen molar-refractivity contribution in [3.63, 3.8) is 0 Å². The normalized spacial score (nSPS) is 11.7. The lowest BCUT2D eigenvalue weighted by Crippen LogP contribution is -2.43. The van der Waals surface area contributed by atoms with Crippen molar-refractivity contribution in [1.29, 1.82) is 0 Å². The van der Waals surface area contributed by atoms with Crippen LogP contribution in [0.15, 0.2) is 24.3 Å². The number of anilines is 1. The molecular weight excluding hydrogens is 244 g/mol. The lowest BCUT2D eigenvalue weighted by atomic mass is 10.1. The largest absolute Gasteiger partial charge is 0.480 e. The van der Waals surface area contributed by atoms with Crippen LogP contribution in [0.25, 0.3) is 0 Å². The first-order valence-corrected chi connectivity index (χ1v) is 6.46. The van der Waals surface area contributed by atoms with Gasteiger partial charge in [0, 0.05) is 5.69 Å². The monoisotopic (exact) mass is 264 g/mol. The number of rotatable bonds is 6. The quantitative estimate of drug-likeness (QED) is 0.739. The maximum atomic E-state index is 11.8. The highest BCUT2D eigenvalue weighted by atomic mass is 16.4. The van der Waals surface area contributed by atoms with Crippen LogP contribution < -0.4 is 10.6 Å². The number of carboxylic acid groups (broad SMARTS) is 1. The summed E-state index contributed by atoms with van der Waals surface area (Å²) in [7, 11) is 0. The molecule has 1 unspecified atom stereocenters. The van der Waals surface area contributed by atoms with E-state index in [1.54, 1.807) is 6.07 Å². The summed E-state index contributed by atoms with van der Waals surface area (Å²) in [4.78, 5) is 22.7. The molecule has 3 N–H and O–H groups in total. The van der Waals surface area contributed by atoms with E-state index in [0.29, 0.717) is 18.5 Å². The summed E-state index contributed by atoms with van der Waals surface area (Å²) in [6.45, 7) is 3.87. The zero-order valence-electron chi connectivity index (χ0n) is 11.3. The molecule has 0 spiro atoms. The van der Waals surface area contributed by atoms with Crippen molar-refractivity contribution in [2.24, 2.45) is 0 Å². The number of carbonyl (C=O) groups excluding carboxylic acids is 1. The van der Waals surface area contributed by atoms with Crippen LogP contribution in [0, 0.1) is 0 Å². The van der Waals surface area contributed by atoms with Crippen molar-refractivity contribution >= 4 is 17.7 Å². The molecule has 2 amide bonds. The van der Waals surface area contributed by atoms with E-state index in [2.05, 4.69) is 10.6 Å². The zero-order valence-corrected chi connectivity index (χ0v) is 11.3. The molecule has 0 aliphatic rings. The maximum Gasteiger partial charge on any atom is 0.326 e. The first-order valence-electron chi connectivity index (χ1n) is 6.46. The van der Waals surface area contributed by atoms with Crippen LogP contribution in [-0.2, 0) is 11.2 Å². The molecule has 1 aromatic carbocycles. The molecule has 0 aromatic heterocycles. The second-order valence-electron chi connectivity index (χ2n) is 4.29. The number of amides is 2. The minimum absolute atomic E-state index is 0.415. The van der Waals surface area contributed by atoms with Gasteiger partial charge in [0.05, 0.1) is 0 Å². The molecule has 5 nitrogen and oxygen atoms in total. The highest BCUT2D eigenvalue weighted by Crippen LogP contribution is 2.15. The second-order valence-corrected chi connectivity index (χ2v) is 4.29. The van der Waals surface area contributed by atoms with Crippen LogP contribution in [0.3, 0.4) is 0 Å². The Hall–Kier alpha value is -2.04. The summed E-state index contributed by atoms with van der Waals surface area (Å²) in [5.74, 6) is -1.01. The molecule has 5 heteroatoms. The molecule has 0 heterocycles. The number of carboxylic acids is 1. The van der Waals surface area contributed by atoms with Crippen molar-refractivity contribution in [2.45, 2.75) is 39.2 Å². The van der Waals surface area contributed by atoms with Gasteiger partial charge in [-0.25, -0.2) is 9.59 Å². The molecule has 1 aromatic rings. The van der Waals surface area contributed by atoms with Crippen LogP contribution in [-0.4, -0.2) is 23.1 Å². The molecule has 0 bridgehead atoms. The van der Waals surface area contributed by atoms with Crippen LogP contribution in [0.4, 0.5) is 10.5 Å². The van der Waals surface area contributed by atoms with Gasteiger partial charge in [-0.1, -0.05) is 38.5 Å². The fourth-order valence-corrected chi connectivity index (χ4v) is 1.81. The van der Waals surface area contributed by atoms with Gasteiger partial charge in [0.15, 0.2) is 0 Å². The van der Waals surface area contributed by atoms with Gasteiger partial charge < -0.3 is 15.7 Å². The Labute approximate surface area is 113 Å². The Bertz CT molecular complexity index is 446. The summed E-state index contributed by atoms with van der Waals surface area (Å²) in [5.41, 5.74) is 1.73. The zero-order chi connectivity index (χ0) is 14.3. The summed E-state index contributed by atoms with van der Waals surface area (Å²) >= 11 is 0. The summed E-state index contributed by atoms with van der Waals surface area (Å²) in [6, 6.07) is 6.12. The van der Waals surface area contributed by atoms with E-state index in [1.807, 2.05) is 32.0 Å². The third kappa shape index (κ3) is 4.62. The van der Waals surface area contributed by atoms with E-state index in [9.17, 15) is 9.59 Å². The highest BCUT2D eigenvalue weighted by molar-refractivity contribution is 5.92. The molecule has 0 saturated carbocycles. The van der Waals surface area contributed by atoms with E-state index in [4.69, 9.17) is 5.11 Å². The number of carbonyl (C=O) groups is 2. The lowest BCUT2D eigenvalue weighted by molar-refractivity contribution is -0.139. The molecule has 1 atom stereocenters. The predicted octanol–water partition coefficient (Wildman–Crippen LogP) is 2.62. The number of benzene rings is 1. The number of hydrogen-bond donors (Lipinski definition) is 3. The van der Waals surface area contributed by atoms with Gasteiger partial charge in [-0.3, -0.25) is 0 Å². The fourth-order valence-electron chi connectivity index (χ4n) is 1.81. The minimum atomic E-state index is -1.01. The second kappa shape index (κ2) is 7.41. The van der Waals surface area contributed by atoms with Crippen LogP contribution >= 0.6 is 0 Å². The number of para-hydroxylation sites is 1. The van der Waals surface area contributed by atoms with E-state index < -0.39 is 18.0 Å². The van der Waals surface area contributed by atoms with Gasteiger partial charge in [-0.2, -0.15) is 0 Å². The van der Waals surface area contributed by atoms with Gasteiger partial charge in [0.2, 0.25) is 0 Å². The smallest absolute Gasteiger partial charge is 0.326 e. The molecule has 104 valence electrons. The van der Waals surface area contributed by atoms with Crippen LogP contribution in [0.5, 0.6) is 0 Å². The summed E-state index contributed by atoms with van der Waals surface area (Å²) < 4.78 is 0. The van der Waals surface area contributed by atoms with E-state index >= 15 is 0 Å². The topological polar surface area (TPSA) is 78.4 Å². The van der Waals surface area contributed by atoms with Crippen molar-refractivity contribution in [3.8, 4) is 0 Å². The average Bonchev–Trinajstić information content (AvgIpc) is 2.38. The van der Waals surface area contributed by atoms with Gasteiger partial charge >= 0.3 is 12.0 Å². The Kier molecular flexibility index (Phi) is 5.85. The van der Waals surface area contributed by atoms with Crippen LogP contribution in [0.1, 0.15) is 32.3 Å². The molecule has 0 aliphatic heterocycles. The first-order chi connectivity index (χ1) is 9.08. The van der Waals surface area contributed by atoms with Gasteiger partial charge in [0.25, 0.3) is 0 Å². The fraction of sp³-hybridized carbons (Fsp3) is 0.429. The Morgan fingerprint density at radius 3 is 2.53 bits per heavy atom. The van der Waals surface area contributed by atoms with Gasteiger partial charge in [-0.15, -0.1) is 0 Å². The Morgan fingerprint density at radius 2 is 1.95 bits per heavy atom. The first kappa shape index (κ1) is 15.0.